The highest BCUT2D eigenvalue weighted by Gasteiger charge is 2.23. The molecule has 0 radical (unpaired) electrons. The van der Waals surface area contributed by atoms with Crippen molar-refractivity contribution in [1.29, 1.82) is 0 Å². The number of esters is 1. The molecule has 0 saturated carbocycles. The molecule has 0 atom stereocenters. The number of carbonyl (C=O) groups excluding carboxylic acids is 2. The summed E-state index contributed by atoms with van der Waals surface area (Å²) in [5.41, 5.74) is 3.73. The lowest BCUT2D eigenvalue weighted by Gasteiger charge is -2.19. The Morgan fingerprint density at radius 3 is 2.32 bits per heavy atom. The maximum atomic E-state index is 14.7. The van der Waals surface area contributed by atoms with Crippen molar-refractivity contribution in [2.24, 2.45) is 0 Å². The Balaban J connectivity index is 2.32. The first kappa shape index (κ1) is 21.8. The average Bonchev–Trinajstić information content (AvgIpc) is 2.55. The second-order valence-electron chi connectivity index (χ2n) is 7.23. The summed E-state index contributed by atoms with van der Waals surface area (Å²) in [4.78, 5) is 24.4. The van der Waals surface area contributed by atoms with Gasteiger partial charge in [-0.3, -0.25) is 9.59 Å². The Morgan fingerprint density at radius 1 is 1.07 bits per heavy atom. The summed E-state index contributed by atoms with van der Waals surface area (Å²) in [5, 5.41) is -0.482. The van der Waals surface area contributed by atoms with Crippen LogP contribution in [-0.4, -0.2) is 17.4 Å². The minimum Gasteiger partial charge on any atom is -0.460 e. The minimum atomic E-state index is -1.04. The highest BCUT2D eigenvalue weighted by molar-refractivity contribution is 6.34. The summed E-state index contributed by atoms with van der Waals surface area (Å²) < 4.78 is 47.7. The van der Waals surface area contributed by atoms with Crippen molar-refractivity contribution >= 4 is 29.0 Å². The van der Waals surface area contributed by atoms with Gasteiger partial charge in [0.1, 0.15) is 23.1 Å². The van der Waals surface area contributed by atoms with Crippen molar-refractivity contribution in [2.45, 2.75) is 39.2 Å². The fourth-order valence-corrected chi connectivity index (χ4v) is 2.76. The van der Waals surface area contributed by atoms with Crippen LogP contribution >= 0.6 is 11.6 Å². The van der Waals surface area contributed by atoms with Gasteiger partial charge in [0.05, 0.1) is 11.4 Å². The van der Waals surface area contributed by atoms with Gasteiger partial charge in [-0.25, -0.2) is 13.2 Å². The predicted octanol–water partition coefficient (Wildman–Crippen LogP) is 4.65. The summed E-state index contributed by atoms with van der Waals surface area (Å²) in [6, 6.07) is 4.12. The van der Waals surface area contributed by atoms with Crippen molar-refractivity contribution in [1.82, 2.24) is 0 Å². The van der Waals surface area contributed by atoms with Crippen LogP contribution in [-0.2, 0) is 22.4 Å². The number of ether oxygens (including phenoxy) is 1. The number of anilines is 1. The van der Waals surface area contributed by atoms with Crippen molar-refractivity contribution in [3.8, 4) is 0 Å². The molecule has 0 aliphatic carbocycles. The van der Waals surface area contributed by atoms with E-state index in [1.807, 2.05) is 0 Å². The first-order valence-electron chi connectivity index (χ1n) is 8.34. The molecule has 28 heavy (non-hydrogen) atoms. The van der Waals surface area contributed by atoms with Crippen LogP contribution in [0.5, 0.6) is 0 Å². The molecular weight excluding hydrogens is 395 g/mol. The van der Waals surface area contributed by atoms with Crippen molar-refractivity contribution < 1.29 is 27.5 Å². The van der Waals surface area contributed by atoms with Gasteiger partial charge in [-0.15, -0.1) is 0 Å². The van der Waals surface area contributed by atoms with Crippen LogP contribution in [0.25, 0.3) is 0 Å². The van der Waals surface area contributed by atoms with Gasteiger partial charge in [-0.1, -0.05) is 17.7 Å². The van der Waals surface area contributed by atoms with Crippen LogP contribution in [0, 0.1) is 17.5 Å². The molecule has 0 heterocycles. The molecule has 2 aromatic rings. The molecule has 0 fully saturated rings. The number of benzene rings is 2. The van der Waals surface area contributed by atoms with Crippen molar-refractivity contribution in [3.63, 3.8) is 0 Å². The summed E-state index contributed by atoms with van der Waals surface area (Å²) in [5.74, 6) is -4.44. The monoisotopic (exact) mass is 413 g/mol. The second-order valence-corrected chi connectivity index (χ2v) is 7.60. The van der Waals surface area contributed by atoms with E-state index < -0.39 is 58.2 Å². The van der Waals surface area contributed by atoms with Crippen LogP contribution in [0.4, 0.5) is 18.9 Å². The second kappa shape index (κ2) is 8.22. The normalized spacial score (nSPS) is 11.4. The molecule has 2 aromatic carbocycles. The third-order valence-electron chi connectivity index (χ3n) is 3.71. The van der Waals surface area contributed by atoms with E-state index in [1.54, 1.807) is 20.8 Å². The largest absolute Gasteiger partial charge is 0.460 e. The van der Waals surface area contributed by atoms with E-state index in [0.717, 1.165) is 24.3 Å². The Morgan fingerprint density at radius 2 is 1.71 bits per heavy atom. The van der Waals surface area contributed by atoms with Gasteiger partial charge in [-0.05, 0) is 44.5 Å². The molecule has 0 spiro atoms. The van der Waals surface area contributed by atoms with E-state index >= 15 is 0 Å². The third-order valence-corrected chi connectivity index (χ3v) is 4.09. The van der Waals surface area contributed by atoms with E-state index in [1.165, 1.54) is 0 Å². The molecule has 150 valence electrons. The zero-order valence-electron chi connectivity index (χ0n) is 15.5. The number of nitrogen functional groups attached to an aromatic ring is 1. The highest BCUT2D eigenvalue weighted by Crippen LogP contribution is 2.26. The summed E-state index contributed by atoms with van der Waals surface area (Å²) >= 11 is 5.77. The van der Waals surface area contributed by atoms with Crippen LogP contribution in [0.2, 0.25) is 5.02 Å². The fraction of sp³-hybridized carbons (Fsp3) is 0.300. The standard InChI is InChI=1S/C20H19ClF3NO3/c1-20(2,3)28-17(27)6-10-4-5-14(22)12(19(10)24)9-16(26)13-7-11(25)8-15(23)18(13)21/h4-5,7-8H,6,9,25H2,1-3H3. The first-order valence-corrected chi connectivity index (χ1v) is 8.72. The van der Waals surface area contributed by atoms with Gasteiger partial charge >= 0.3 is 5.97 Å². The predicted molar refractivity (Wildman–Crippen MR) is 99.8 cm³/mol. The Kier molecular flexibility index (Phi) is 6.39. The first-order chi connectivity index (χ1) is 12.9. The fourth-order valence-electron chi connectivity index (χ4n) is 2.55. The van der Waals surface area contributed by atoms with Gasteiger partial charge < -0.3 is 10.5 Å². The number of halogens is 4. The lowest BCUT2D eigenvalue weighted by Crippen LogP contribution is -2.25. The smallest absolute Gasteiger partial charge is 0.310 e. The zero-order chi connectivity index (χ0) is 21.2. The lowest BCUT2D eigenvalue weighted by molar-refractivity contribution is -0.153. The highest BCUT2D eigenvalue weighted by atomic mass is 35.5. The molecule has 0 aliphatic rings. The van der Waals surface area contributed by atoms with Gasteiger partial charge in [0.2, 0.25) is 0 Å². The molecule has 2 rings (SSSR count). The van der Waals surface area contributed by atoms with E-state index in [4.69, 9.17) is 22.1 Å². The van der Waals surface area contributed by atoms with E-state index in [0.29, 0.717) is 0 Å². The average molecular weight is 414 g/mol. The van der Waals surface area contributed by atoms with Gasteiger partial charge in [-0.2, -0.15) is 0 Å². The number of nitrogens with two attached hydrogens (primary N) is 1. The molecule has 4 nitrogen and oxygen atoms in total. The van der Waals surface area contributed by atoms with E-state index in [-0.39, 0.29) is 16.8 Å². The van der Waals surface area contributed by atoms with Crippen LogP contribution < -0.4 is 5.73 Å². The lowest BCUT2D eigenvalue weighted by atomic mass is 9.98. The SMILES string of the molecule is CC(C)(C)OC(=O)Cc1ccc(F)c(CC(=O)c2cc(N)cc(F)c2Cl)c1F. The van der Waals surface area contributed by atoms with Gasteiger partial charge in [0.15, 0.2) is 5.78 Å². The molecule has 0 aliphatic heterocycles. The number of carbonyl (C=O) groups is 2. The number of ketones is 1. The van der Waals surface area contributed by atoms with E-state index in [9.17, 15) is 22.8 Å². The van der Waals surface area contributed by atoms with Gasteiger partial charge in [0.25, 0.3) is 0 Å². The van der Waals surface area contributed by atoms with Crippen LogP contribution in [0.1, 0.15) is 42.3 Å². The van der Waals surface area contributed by atoms with Crippen LogP contribution in [0.15, 0.2) is 24.3 Å². The minimum absolute atomic E-state index is 0.0510. The van der Waals surface area contributed by atoms with E-state index in [2.05, 4.69) is 0 Å². The summed E-state index contributed by atoms with van der Waals surface area (Å²) in [7, 11) is 0. The molecule has 0 unspecified atom stereocenters. The molecule has 0 aromatic heterocycles. The third kappa shape index (κ3) is 5.25. The topological polar surface area (TPSA) is 69.4 Å². The number of hydrogen-bond donors (Lipinski definition) is 1. The molecule has 8 heteroatoms. The molecule has 0 saturated heterocycles. The Hall–Kier alpha value is -2.54. The van der Waals surface area contributed by atoms with Crippen molar-refractivity contribution in [3.05, 3.63) is 63.4 Å². The quantitative estimate of drug-likeness (QED) is 0.440. The number of Topliss-reactive ketones (excluding diaryl/α,β-unsaturated/α-hetero) is 1. The number of hydrogen-bond acceptors (Lipinski definition) is 4. The molecule has 0 bridgehead atoms. The maximum Gasteiger partial charge on any atom is 0.310 e. The van der Waals surface area contributed by atoms with Gasteiger partial charge in [0, 0.05) is 23.2 Å². The Labute approximate surface area is 165 Å². The Bertz CT molecular complexity index is 939. The summed E-state index contributed by atoms with van der Waals surface area (Å²) in [6.45, 7) is 4.97. The maximum absolute atomic E-state index is 14.7. The molecule has 2 N–H and O–H groups in total. The van der Waals surface area contributed by atoms with Crippen LogP contribution in [0.3, 0.4) is 0 Å². The molecular formula is C20H19ClF3NO3. The van der Waals surface area contributed by atoms with Crippen molar-refractivity contribution in [2.75, 3.05) is 5.73 Å². The number of rotatable bonds is 5. The zero-order valence-corrected chi connectivity index (χ0v) is 16.3. The molecule has 0 amide bonds. The summed E-state index contributed by atoms with van der Waals surface area (Å²) in [6.07, 6.45) is -1.15.